The third kappa shape index (κ3) is 4.80. The first-order valence-electron chi connectivity index (χ1n) is 7.06. The number of amides is 1. The average molecular weight is 341 g/mol. The van der Waals surface area contributed by atoms with Crippen molar-refractivity contribution in [3.05, 3.63) is 28.7 Å². The van der Waals surface area contributed by atoms with Gasteiger partial charge in [-0.1, -0.05) is 12.1 Å². The van der Waals surface area contributed by atoms with Crippen molar-refractivity contribution < 1.29 is 9.53 Å². The first kappa shape index (κ1) is 15.3. The van der Waals surface area contributed by atoms with Crippen LogP contribution in [0.2, 0.25) is 0 Å². The van der Waals surface area contributed by atoms with Gasteiger partial charge in [0.2, 0.25) is 5.91 Å². The molecule has 1 aromatic carbocycles. The number of carbonyl (C=O) groups excluding carboxylic acids is 1. The van der Waals surface area contributed by atoms with Crippen LogP contribution in [-0.4, -0.2) is 31.1 Å². The lowest BCUT2D eigenvalue weighted by molar-refractivity contribution is -0.121. The number of hydrogen-bond donors (Lipinski definition) is 2. The minimum absolute atomic E-state index is 0.0609. The second-order valence-electron chi connectivity index (χ2n) is 5.16. The van der Waals surface area contributed by atoms with Crippen molar-refractivity contribution >= 4 is 21.8 Å². The highest BCUT2D eigenvalue weighted by atomic mass is 79.9. The summed E-state index contributed by atoms with van der Waals surface area (Å²) in [6.45, 7) is 3.50. The van der Waals surface area contributed by atoms with E-state index in [1.54, 1.807) is 0 Å². The van der Waals surface area contributed by atoms with Crippen LogP contribution in [0.3, 0.4) is 0 Å². The Morgan fingerprint density at radius 2 is 2.35 bits per heavy atom. The Morgan fingerprint density at radius 3 is 3.05 bits per heavy atom. The minimum atomic E-state index is -0.0609. The van der Waals surface area contributed by atoms with Crippen molar-refractivity contribution in [3.8, 4) is 5.75 Å². The number of hydrogen-bond acceptors (Lipinski definition) is 3. The second-order valence-corrected chi connectivity index (χ2v) is 6.01. The van der Waals surface area contributed by atoms with Gasteiger partial charge in [0.15, 0.2) is 0 Å². The lowest BCUT2D eigenvalue weighted by Gasteiger charge is -2.17. The van der Waals surface area contributed by atoms with E-state index in [9.17, 15) is 4.79 Å². The Balaban J connectivity index is 1.70. The third-order valence-electron chi connectivity index (χ3n) is 3.35. The maximum Gasteiger partial charge on any atom is 0.221 e. The van der Waals surface area contributed by atoms with Gasteiger partial charge in [0.05, 0.1) is 11.0 Å². The number of nitrogens with one attached hydrogen (secondary N) is 2. The first-order valence-corrected chi connectivity index (χ1v) is 7.85. The normalized spacial score (nSPS) is 19.6. The molecule has 2 rings (SSSR count). The highest BCUT2D eigenvalue weighted by Crippen LogP contribution is 2.24. The summed E-state index contributed by atoms with van der Waals surface area (Å²) in [7, 11) is 0. The Hall–Kier alpha value is -1.07. The standard InChI is InChI=1S/C15H21BrN2O2/c1-11(20-14-7-3-2-6-13(14)16)10-18-15(19)9-12-5-4-8-17-12/h2-3,6-7,11-12,17H,4-5,8-10H2,1H3,(H,18,19). The van der Waals surface area contributed by atoms with Crippen molar-refractivity contribution in [3.63, 3.8) is 0 Å². The predicted octanol–water partition coefficient (Wildman–Crippen LogP) is 2.47. The van der Waals surface area contributed by atoms with Crippen LogP contribution in [-0.2, 0) is 4.79 Å². The van der Waals surface area contributed by atoms with Gasteiger partial charge in [-0.2, -0.15) is 0 Å². The van der Waals surface area contributed by atoms with Crippen LogP contribution < -0.4 is 15.4 Å². The van der Waals surface area contributed by atoms with Gasteiger partial charge < -0.3 is 15.4 Å². The van der Waals surface area contributed by atoms with E-state index >= 15 is 0 Å². The van der Waals surface area contributed by atoms with E-state index in [-0.39, 0.29) is 12.0 Å². The average Bonchev–Trinajstić information content (AvgIpc) is 2.92. The summed E-state index contributed by atoms with van der Waals surface area (Å²) < 4.78 is 6.71. The molecule has 0 aliphatic carbocycles. The van der Waals surface area contributed by atoms with Gasteiger partial charge in [0.1, 0.15) is 11.9 Å². The van der Waals surface area contributed by atoms with Gasteiger partial charge >= 0.3 is 0 Å². The van der Waals surface area contributed by atoms with E-state index in [0.717, 1.165) is 23.2 Å². The highest BCUT2D eigenvalue weighted by Gasteiger charge is 2.18. The molecule has 1 aliphatic rings. The van der Waals surface area contributed by atoms with E-state index in [1.807, 2.05) is 31.2 Å². The van der Waals surface area contributed by atoms with Crippen molar-refractivity contribution in [2.24, 2.45) is 0 Å². The smallest absolute Gasteiger partial charge is 0.221 e. The van der Waals surface area contributed by atoms with Crippen LogP contribution in [0.1, 0.15) is 26.2 Å². The van der Waals surface area contributed by atoms with Gasteiger partial charge in [-0.05, 0) is 54.4 Å². The lowest BCUT2D eigenvalue weighted by atomic mass is 10.1. The molecule has 110 valence electrons. The molecule has 0 radical (unpaired) electrons. The van der Waals surface area contributed by atoms with Crippen LogP contribution in [0.15, 0.2) is 28.7 Å². The quantitative estimate of drug-likeness (QED) is 0.836. The summed E-state index contributed by atoms with van der Waals surface area (Å²) in [6.07, 6.45) is 2.76. The molecule has 5 heteroatoms. The van der Waals surface area contributed by atoms with Gasteiger partial charge in [-0.15, -0.1) is 0 Å². The fraction of sp³-hybridized carbons (Fsp3) is 0.533. The monoisotopic (exact) mass is 340 g/mol. The zero-order valence-electron chi connectivity index (χ0n) is 11.7. The van der Waals surface area contributed by atoms with E-state index in [2.05, 4.69) is 26.6 Å². The maximum atomic E-state index is 11.8. The number of ether oxygens (including phenoxy) is 1. The molecule has 1 saturated heterocycles. The van der Waals surface area contributed by atoms with E-state index in [1.165, 1.54) is 6.42 Å². The molecule has 1 heterocycles. The third-order valence-corrected chi connectivity index (χ3v) is 4.00. The fourth-order valence-electron chi connectivity index (χ4n) is 2.28. The number of para-hydroxylation sites is 1. The summed E-state index contributed by atoms with van der Waals surface area (Å²) >= 11 is 3.44. The van der Waals surface area contributed by atoms with E-state index < -0.39 is 0 Å². The van der Waals surface area contributed by atoms with Gasteiger partial charge in [0, 0.05) is 12.5 Å². The molecule has 1 fully saturated rings. The molecule has 1 amide bonds. The zero-order chi connectivity index (χ0) is 14.4. The van der Waals surface area contributed by atoms with Crippen molar-refractivity contribution in [2.45, 2.75) is 38.3 Å². The van der Waals surface area contributed by atoms with Gasteiger partial charge in [-0.3, -0.25) is 4.79 Å². The molecule has 2 unspecified atom stereocenters. The maximum absolute atomic E-state index is 11.8. The Morgan fingerprint density at radius 1 is 1.55 bits per heavy atom. The molecule has 0 bridgehead atoms. The largest absolute Gasteiger partial charge is 0.488 e. The van der Waals surface area contributed by atoms with E-state index in [4.69, 9.17) is 4.74 Å². The minimum Gasteiger partial charge on any atom is -0.488 e. The molecular formula is C15H21BrN2O2. The summed E-state index contributed by atoms with van der Waals surface area (Å²) in [5.74, 6) is 0.888. The first-order chi connectivity index (χ1) is 9.65. The van der Waals surface area contributed by atoms with Crippen molar-refractivity contribution in [2.75, 3.05) is 13.1 Å². The zero-order valence-corrected chi connectivity index (χ0v) is 13.3. The van der Waals surface area contributed by atoms with Crippen LogP contribution >= 0.6 is 15.9 Å². The second kappa shape index (κ2) is 7.64. The summed E-state index contributed by atoms with van der Waals surface area (Å²) in [5.41, 5.74) is 0. The number of benzene rings is 1. The molecule has 2 N–H and O–H groups in total. The molecule has 20 heavy (non-hydrogen) atoms. The molecule has 1 aromatic rings. The predicted molar refractivity (Wildman–Crippen MR) is 82.9 cm³/mol. The summed E-state index contributed by atoms with van der Waals surface area (Å²) in [4.78, 5) is 11.8. The summed E-state index contributed by atoms with van der Waals surface area (Å²) in [6, 6.07) is 8.06. The molecule has 4 nitrogen and oxygen atoms in total. The van der Waals surface area contributed by atoms with Crippen LogP contribution in [0.25, 0.3) is 0 Å². The molecule has 1 aliphatic heterocycles. The Labute approximate surface area is 128 Å². The fourth-order valence-corrected chi connectivity index (χ4v) is 2.66. The highest BCUT2D eigenvalue weighted by molar-refractivity contribution is 9.10. The van der Waals surface area contributed by atoms with Crippen molar-refractivity contribution in [1.82, 2.24) is 10.6 Å². The van der Waals surface area contributed by atoms with Crippen LogP contribution in [0, 0.1) is 0 Å². The summed E-state index contributed by atoms with van der Waals surface area (Å²) in [5, 5.41) is 6.25. The molecule has 0 saturated carbocycles. The van der Waals surface area contributed by atoms with Gasteiger partial charge in [-0.25, -0.2) is 0 Å². The van der Waals surface area contributed by atoms with Crippen molar-refractivity contribution in [1.29, 1.82) is 0 Å². The number of carbonyl (C=O) groups is 1. The molecule has 0 spiro atoms. The SMILES string of the molecule is CC(CNC(=O)CC1CCCN1)Oc1ccccc1Br. The van der Waals surface area contributed by atoms with Crippen LogP contribution in [0.5, 0.6) is 5.75 Å². The topological polar surface area (TPSA) is 50.4 Å². The van der Waals surface area contributed by atoms with E-state index in [0.29, 0.717) is 19.0 Å². The Bertz CT molecular complexity index is 447. The molecule has 2 atom stereocenters. The lowest BCUT2D eigenvalue weighted by Crippen LogP contribution is -2.37. The molecule has 0 aromatic heterocycles. The Kier molecular flexibility index (Phi) is 5.86. The number of halogens is 1. The van der Waals surface area contributed by atoms with Crippen LogP contribution in [0.4, 0.5) is 0 Å². The van der Waals surface area contributed by atoms with Gasteiger partial charge in [0.25, 0.3) is 0 Å². The molecular weight excluding hydrogens is 320 g/mol. The number of rotatable bonds is 6.